The van der Waals surface area contributed by atoms with Gasteiger partial charge in [0.15, 0.2) is 0 Å². The third-order valence-electron chi connectivity index (χ3n) is 3.03. The van der Waals surface area contributed by atoms with Crippen molar-refractivity contribution in [2.24, 2.45) is 0 Å². The molecule has 0 aliphatic carbocycles. The Hall–Kier alpha value is -1.67. The van der Waals surface area contributed by atoms with E-state index in [2.05, 4.69) is 5.32 Å². The number of ether oxygens (including phenoxy) is 1. The second kappa shape index (κ2) is 8.09. The molecule has 1 N–H and O–H groups in total. The van der Waals surface area contributed by atoms with Crippen molar-refractivity contribution in [3.63, 3.8) is 0 Å². The van der Waals surface area contributed by atoms with Crippen molar-refractivity contribution in [1.82, 2.24) is 5.32 Å². The van der Waals surface area contributed by atoms with Crippen LogP contribution in [0.1, 0.15) is 13.3 Å². The zero-order valence-electron chi connectivity index (χ0n) is 12.9. The van der Waals surface area contributed by atoms with E-state index in [0.29, 0.717) is 6.61 Å². The predicted octanol–water partition coefficient (Wildman–Crippen LogP) is 1.13. The normalized spacial score (nSPS) is 12.7. The second-order valence-corrected chi connectivity index (χ2v) is 6.58. The Labute approximate surface area is 130 Å². The van der Waals surface area contributed by atoms with E-state index in [9.17, 15) is 17.6 Å². The van der Waals surface area contributed by atoms with Crippen molar-refractivity contribution in [3.05, 3.63) is 30.1 Å². The molecule has 6 nitrogen and oxygen atoms in total. The van der Waals surface area contributed by atoms with Gasteiger partial charge < -0.3 is 10.1 Å². The molecular weight excluding hydrogens is 311 g/mol. The highest BCUT2D eigenvalue weighted by atomic mass is 32.2. The van der Waals surface area contributed by atoms with Crippen molar-refractivity contribution in [3.8, 4) is 0 Å². The number of sulfonamides is 1. The molecule has 0 aliphatic heterocycles. The molecule has 0 radical (unpaired) electrons. The molecule has 0 fully saturated rings. The SMILES string of the molecule is CCC(C(=O)NCCOC)N(c1ccccc1F)S(C)(=O)=O. The number of nitrogens with one attached hydrogen (secondary N) is 1. The maximum atomic E-state index is 14.0. The number of anilines is 1. The topological polar surface area (TPSA) is 75.7 Å². The molecule has 1 unspecified atom stereocenters. The summed E-state index contributed by atoms with van der Waals surface area (Å²) in [4.78, 5) is 12.2. The summed E-state index contributed by atoms with van der Waals surface area (Å²) in [7, 11) is -2.33. The van der Waals surface area contributed by atoms with Gasteiger partial charge in [0.25, 0.3) is 0 Å². The summed E-state index contributed by atoms with van der Waals surface area (Å²) in [6.07, 6.45) is 1.16. The summed E-state index contributed by atoms with van der Waals surface area (Å²) in [6.45, 7) is 2.22. The van der Waals surface area contributed by atoms with Crippen LogP contribution in [0.2, 0.25) is 0 Å². The first-order chi connectivity index (χ1) is 10.3. The molecule has 1 atom stereocenters. The number of methoxy groups -OCH3 is 1. The fourth-order valence-electron chi connectivity index (χ4n) is 2.06. The van der Waals surface area contributed by atoms with Crippen molar-refractivity contribution in [2.75, 3.05) is 30.8 Å². The first kappa shape index (κ1) is 18.4. The number of rotatable bonds is 8. The molecule has 8 heteroatoms. The van der Waals surface area contributed by atoms with Gasteiger partial charge in [-0.2, -0.15) is 0 Å². The maximum Gasteiger partial charge on any atom is 0.243 e. The Morgan fingerprint density at radius 1 is 1.41 bits per heavy atom. The van der Waals surface area contributed by atoms with Gasteiger partial charge in [-0.15, -0.1) is 0 Å². The molecule has 0 saturated heterocycles. The molecule has 0 saturated carbocycles. The van der Waals surface area contributed by atoms with E-state index in [-0.39, 0.29) is 18.7 Å². The van der Waals surface area contributed by atoms with Crippen LogP contribution in [-0.2, 0) is 19.6 Å². The molecule has 0 bridgehead atoms. The van der Waals surface area contributed by atoms with Crippen molar-refractivity contribution in [1.29, 1.82) is 0 Å². The summed E-state index contributed by atoms with van der Waals surface area (Å²) in [5, 5.41) is 2.58. The van der Waals surface area contributed by atoms with Gasteiger partial charge in [-0.05, 0) is 18.6 Å². The van der Waals surface area contributed by atoms with Crippen LogP contribution >= 0.6 is 0 Å². The molecule has 1 amide bonds. The molecule has 1 aromatic rings. The molecule has 0 aliphatic rings. The third kappa shape index (κ3) is 4.67. The summed E-state index contributed by atoms with van der Waals surface area (Å²) in [5.41, 5.74) is -0.140. The van der Waals surface area contributed by atoms with Crippen molar-refractivity contribution < 1.29 is 22.3 Å². The van der Waals surface area contributed by atoms with Crippen LogP contribution in [0.25, 0.3) is 0 Å². The highest BCUT2D eigenvalue weighted by Crippen LogP contribution is 2.25. The Morgan fingerprint density at radius 3 is 2.55 bits per heavy atom. The van der Waals surface area contributed by atoms with Crippen LogP contribution in [0, 0.1) is 5.82 Å². The number of halogens is 1. The van der Waals surface area contributed by atoms with Crippen LogP contribution in [0.15, 0.2) is 24.3 Å². The van der Waals surface area contributed by atoms with Crippen LogP contribution in [0.4, 0.5) is 10.1 Å². The minimum Gasteiger partial charge on any atom is -0.383 e. The fourth-order valence-corrected chi connectivity index (χ4v) is 3.27. The van der Waals surface area contributed by atoms with E-state index in [4.69, 9.17) is 4.74 Å². The highest BCUT2D eigenvalue weighted by Gasteiger charge is 2.32. The lowest BCUT2D eigenvalue weighted by molar-refractivity contribution is -0.122. The average molecular weight is 332 g/mol. The van der Waals surface area contributed by atoms with Gasteiger partial charge in [0.05, 0.1) is 18.6 Å². The van der Waals surface area contributed by atoms with Gasteiger partial charge in [0.1, 0.15) is 11.9 Å². The molecule has 1 aromatic carbocycles. The smallest absolute Gasteiger partial charge is 0.243 e. The van der Waals surface area contributed by atoms with Crippen molar-refractivity contribution in [2.45, 2.75) is 19.4 Å². The lowest BCUT2D eigenvalue weighted by atomic mass is 10.2. The summed E-state index contributed by atoms with van der Waals surface area (Å²) in [6, 6.07) is 4.44. The number of carbonyl (C=O) groups excluding carboxylic acids is 1. The molecular formula is C14H21FN2O4S. The number of nitrogens with zero attached hydrogens (tertiary/aromatic N) is 1. The largest absolute Gasteiger partial charge is 0.383 e. The van der Waals surface area contributed by atoms with E-state index >= 15 is 0 Å². The van der Waals surface area contributed by atoms with Gasteiger partial charge in [0, 0.05) is 13.7 Å². The van der Waals surface area contributed by atoms with Gasteiger partial charge in [0.2, 0.25) is 15.9 Å². The first-order valence-corrected chi connectivity index (χ1v) is 8.68. The Bertz CT molecular complexity index is 607. The third-order valence-corrected chi connectivity index (χ3v) is 4.19. The number of para-hydroxylation sites is 1. The van der Waals surface area contributed by atoms with E-state index in [0.717, 1.165) is 16.6 Å². The van der Waals surface area contributed by atoms with Crippen LogP contribution in [0.5, 0.6) is 0 Å². The number of carbonyl (C=O) groups is 1. The Morgan fingerprint density at radius 2 is 2.05 bits per heavy atom. The van der Waals surface area contributed by atoms with Gasteiger partial charge in [-0.25, -0.2) is 12.8 Å². The number of hydrogen-bond acceptors (Lipinski definition) is 4. The highest BCUT2D eigenvalue weighted by molar-refractivity contribution is 7.92. The monoisotopic (exact) mass is 332 g/mol. The standard InChI is InChI=1S/C14H21FN2O4S/c1-4-12(14(18)16-9-10-21-2)17(22(3,19)20)13-8-6-5-7-11(13)15/h5-8,12H,4,9-10H2,1-3H3,(H,16,18). The zero-order valence-corrected chi connectivity index (χ0v) is 13.7. The van der Waals surface area contributed by atoms with E-state index in [1.807, 2.05) is 0 Å². The number of amides is 1. The molecule has 22 heavy (non-hydrogen) atoms. The number of benzene rings is 1. The van der Waals surface area contributed by atoms with Crippen LogP contribution in [-0.4, -0.2) is 46.9 Å². The Kier molecular flexibility index (Phi) is 6.76. The lowest BCUT2D eigenvalue weighted by Crippen LogP contribution is -2.50. The first-order valence-electron chi connectivity index (χ1n) is 6.83. The fraction of sp³-hybridized carbons (Fsp3) is 0.500. The Balaban J connectivity index is 3.15. The van der Waals surface area contributed by atoms with E-state index in [1.54, 1.807) is 6.92 Å². The molecule has 0 aromatic heterocycles. The van der Waals surface area contributed by atoms with Crippen molar-refractivity contribution >= 4 is 21.6 Å². The minimum atomic E-state index is -3.83. The molecule has 1 rings (SSSR count). The minimum absolute atomic E-state index is 0.140. The van der Waals surface area contributed by atoms with Gasteiger partial charge in [-0.1, -0.05) is 19.1 Å². The molecule has 124 valence electrons. The van der Waals surface area contributed by atoms with Gasteiger partial charge >= 0.3 is 0 Å². The van der Waals surface area contributed by atoms with E-state index < -0.39 is 27.8 Å². The quantitative estimate of drug-likeness (QED) is 0.724. The van der Waals surface area contributed by atoms with Gasteiger partial charge in [-0.3, -0.25) is 9.10 Å². The second-order valence-electron chi connectivity index (χ2n) is 4.72. The van der Waals surface area contributed by atoms with E-state index in [1.165, 1.54) is 25.3 Å². The average Bonchev–Trinajstić information content (AvgIpc) is 2.44. The summed E-state index contributed by atoms with van der Waals surface area (Å²) >= 11 is 0. The zero-order chi connectivity index (χ0) is 16.8. The lowest BCUT2D eigenvalue weighted by Gasteiger charge is -2.30. The predicted molar refractivity (Wildman–Crippen MR) is 82.7 cm³/mol. The number of hydrogen-bond donors (Lipinski definition) is 1. The maximum absolute atomic E-state index is 14.0. The van der Waals surface area contributed by atoms with Crippen LogP contribution < -0.4 is 9.62 Å². The molecule has 0 heterocycles. The van der Waals surface area contributed by atoms with Crippen LogP contribution in [0.3, 0.4) is 0 Å². The molecule has 0 spiro atoms. The summed E-state index contributed by atoms with van der Waals surface area (Å²) < 4.78 is 43.8. The summed E-state index contributed by atoms with van der Waals surface area (Å²) in [5.74, 6) is -1.19.